The first kappa shape index (κ1) is 17.8. The number of carbonyl (C=O) groups is 2. The summed E-state index contributed by atoms with van der Waals surface area (Å²) in [5, 5.41) is 0. The number of alkyl halides is 1. The van der Waals surface area contributed by atoms with E-state index in [0.29, 0.717) is 0 Å². The van der Waals surface area contributed by atoms with Crippen molar-refractivity contribution < 1.29 is 32.9 Å². The van der Waals surface area contributed by atoms with E-state index in [0.717, 1.165) is 0 Å². The van der Waals surface area contributed by atoms with Crippen molar-refractivity contribution in [2.24, 2.45) is 11.7 Å². The van der Waals surface area contributed by atoms with Crippen LogP contribution >= 0.6 is 0 Å². The lowest BCUT2D eigenvalue weighted by atomic mass is 9.91. The highest BCUT2D eigenvalue weighted by Gasteiger charge is 2.46. The molecule has 1 aliphatic heterocycles. The molecule has 0 aliphatic carbocycles. The van der Waals surface area contributed by atoms with Crippen LogP contribution in [0.2, 0.25) is 0 Å². The Labute approximate surface area is 122 Å². The van der Waals surface area contributed by atoms with Crippen molar-refractivity contribution in [2.75, 3.05) is 19.8 Å². The SMILES string of the molecule is CC(=O)OCC1O[C@H](OCCN)C(F)C(C)[C@@H]1OC(C)=O. The van der Waals surface area contributed by atoms with Crippen molar-refractivity contribution in [1.29, 1.82) is 0 Å². The largest absolute Gasteiger partial charge is 0.463 e. The normalized spacial score (nSPS) is 32.5. The first-order chi connectivity index (χ1) is 9.86. The number of carbonyl (C=O) groups excluding carboxylic acids is 2. The zero-order valence-corrected chi connectivity index (χ0v) is 12.4. The number of hydrogen-bond donors (Lipinski definition) is 1. The fourth-order valence-corrected chi connectivity index (χ4v) is 2.12. The van der Waals surface area contributed by atoms with Gasteiger partial charge >= 0.3 is 11.9 Å². The van der Waals surface area contributed by atoms with Crippen LogP contribution in [-0.2, 0) is 28.5 Å². The average Bonchev–Trinajstić information content (AvgIpc) is 2.41. The molecule has 0 amide bonds. The lowest BCUT2D eigenvalue weighted by Crippen LogP contribution is -2.55. The molecule has 7 nitrogen and oxygen atoms in total. The number of nitrogens with two attached hydrogens (primary N) is 1. The van der Waals surface area contributed by atoms with E-state index in [9.17, 15) is 14.0 Å². The molecule has 8 heteroatoms. The minimum atomic E-state index is -1.48. The Balaban J connectivity index is 2.79. The predicted octanol–water partition coefficient (Wildman–Crippen LogP) is 0.156. The minimum Gasteiger partial charge on any atom is -0.463 e. The number of rotatable bonds is 6. The van der Waals surface area contributed by atoms with Crippen LogP contribution in [-0.4, -0.2) is 56.4 Å². The van der Waals surface area contributed by atoms with Crippen LogP contribution in [0.1, 0.15) is 20.8 Å². The molecule has 5 atom stereocenters. The van der Waals surface area contributed by atoms with Gasteiger partial charge in [0.25, 0.3) is 0 Å². The molecule has 0 aromatic rings. The van der Waals surface area contributed by atoms with E-state index in [1.165, 1.54) is 13.8 Å². The zero-order valence-electron chi connectivity index (χ0n) is 12.4. The van der Waals surface area contributed by atoms with Crippen molar-refractivity contribution in [3.63, 3.8) is 0 Å². The number of hydrogen-bond acceptors (Lipinski definition) is 7. The summed E-state index contributed by atoms with van der Waals surface area (Å²) in [6, 6.07) is 0. The molecule has 122 valence electrons. The Morgan fingerprint density at radius 3 is 2.48 bits per heavy atom. The summed E-state index contributed by atoms with van der Waals surface area (Å²) in [7, 11) is 0. The van der Waals surface area contributed by atoms with Crippen LogP contribution < -0.4 is 5.73 Å². The second-order valence-corrected chi connectivity index (χ2v) is 4.88. The first-order valence-corrected chi connectivity index (χ1v) is 6.78. The van der Waals surface area contributed by atoms with Gasteiger partial charge in [-0.15, -0.1) is 0 Å². The molecule has 1 aliphatic rings. The second kappa shape index (κ2) is 8.26. The van der Waals surface area contributed by atoms with Crippen LogP contribution in [0.25, 0.3) is 0 Å². The minimum absolute atomic E-state index is 0.135. The van der Waals surface area contributed by atoms with E-state index < -0.39 is 42.5 Å². The van der Waals surface area contributed by atoms with Crippen LogP contribution in [0, 0.1) is 5.92 Å². The van der Waals surface area contributed by atoms with Gasteiger partial charge in [-0.05, 0) is 0 Å². The number of halogens is 1. The quantitative estimate of drug-likeness (QED) is 0.698. The Morgan fingerprint density at radius 2 is 1.95 bits per heavy atom. The molecule has 1 rings (SSSR count). The van der Waals surface area contributed by atoms with E-state index in [4.69, 9.17) is 24.7 Å². The third-order valence-corrected chi connectivity index (χ3v) is 3.11. The Hall–Kier alpha value is -1.25. The van der Waals surface area contributed by atoms with E-state index >= 15 is 0 Å². The highest BCUT2D eigenvalue weighted by Crippen LogP contribution is 2.31. The van der Waals surface area contributed by atoms with Gasteiger partial charge in [0, 0.05) is 26.3 Å². The van der Waals surface area contributed by atoms with Gasteiger partial charge in [0.2, 0.25) is 0 Å². The lowest BCUT2D eigenvalue weighted by Gasteiger charge is -2.41. The van der Waals surface area contributed by atoms with Gasteiger partial charge in [0.15, 0.2) is 12.5 Å². The third-order valence-electron chi connectivity index (χ3n) is 3.11. The van der Waals surface area contributed by atoms with Gasteiger partial charge in [-0.1, -0.05) is 6.92 Å². The zero-order chi connectivity index (χ0) is 16.0. The monoisotopic (exact) mass is 307 g/mol. The first-order valence-electron chi connectivity index (χ1n) is 6.78. The highest BCUT2D eigenvalue weighted by atomic mass is 19.1. The maximum Gasteiger partial charge on any atom is 0.303 e. The summed E-state index contributed by atoms with van der Waals surface area (Å²) in [6.45, 7) is 4.26. The molecule has 2 N–H and O–H groups in total. The predicted molar refractivity (Wildman–Crippen MR) is 69.9 cm³/mol. The standard InChI is InChI=1S/C13H22FNO6/c1-7-11(14)13(18-5-4-15)21-10(6-19-8(2)16)12(7)20-9(3)17/h7,10-13H,4-6,15H2,1-3H3/t7?,10?,11?,12-,13-/m0/s1. The summed E-state index contributed by atoms with van der Waals surface area (Å²) >= 11 is 0. The Morgan fingerprint density at radius 1 is 1.29 bits per heavy atom. The maximum absolute atomic E-state index is 14.2. The summed E-state index contributed by atoms with van der Waals surface area (Å²) in [5.74, 6) is -1.72. The molecule has 0 aromatic heterocycles. The highest BCUT2D eigenvalue weighted by molar-refractivity contribution is 5.66. The lowest BCUT2D eigenvalue weighted by molar-refractivity contribution is -0.276. The molecule has 21 heavy (non-hydrogen) atoms. The van der Waals surface area contributed by atoms with Crippen molar-refractivity contribution in [2.45, 2.75) is 45.4 Å². The fraction of sp³-hybridized carbons (Fsp3) is 0.846. The maximum atomic E-state index is 14.2. The van der Waals surface area contributed by atoms with Crippen molar-refractivity contribution in [1.82, 2.24) is 0 Å². The smallest absolute Gasteiger partial charge is 0.303 e. The Kier molecular flexibility index (Phi) is 7.00. The summed E-state index contributed by atoms with van der Waals surface area (Å²) in [5.41, 5.74) is 5.31. The van der Waals surface area contributed by atoms with Gasteiger partial charge in [-0.3, -0.25) is 9.59 Å². The van der Waals surface area contributed by atoms with Gasteiger partial charge in [-0.2, -0.15) is 0 Å². The molecule has 0 bridgehead atoms. The van der Waals surface area contributed by atoms with Crippen molar-refractivity contribution in [3.8, 4) is 0 Å². The molecule has 0 saturated carbocycles. The molecule has 0 spiro atoms. The van der Waals surface area contributed by atoms with Crippen LogP contribution in [0.3, 0.4) is 0 Å². The summed E-state index contributed by atoms with van der Waals surface area (Å²) < 4.78 is 34.8. The van der Waals surface area contributed by atoms with E-state index in [2.05, 4.69) is 0 Å². The van der Waals surface area contributed by atoms with E-state index in [1.54, 1.807) is 6.92 Å². The molecule has 1 saturated heterocycles. The topological polar surface area (TPSA) is 97.1 Å². The molecule has 3 unspecified atom stereocenters. The summed E-state index contributed by atoms with van der Waals surface area (Å²) in [6.07, 6.45) is -4.25. The average molecular weight is 307 g/mol. The second-order valence-electron chi connectivity index (χ2n) is 4.88. The third kappa shape index (κ3) is 5.22. The van der Waals surface area contributed by atoms with Crippen LogP contribution in [0.15, 0.2) is 0 Å². The molecular formula is C13H22FNO6. The van der Waals surface area contributed by atoms with Gasteiger partial charge in [0.1, 0.15) is 18.8 Å². The van der Waals surface area contributed by atoms with Gasteiger partial charge in [0.05, 0.1) is 6.61 Å². The molecule has 1 heterocycles. The fourth-order valence-electron chi connectivity index (χ4n) is 2.12. The molecule has 0 aromatic carbocycles. The molecular weight excluding hydrogens is 285 g/mol. The number of esters is 2. The van der Waals surface area contributed by atoms with Gasteiger partial charge in [-0.25, -0.2) is 4.39 Å². The van der Waals surface area contributed by atoms with Crippen molar-refractivity contribution in [3.05, 3.63) is 0 Å². The molecule has 1 fully saturated rings. The number of ether oxygens (including phenoxy) is 4. The molecule has 0 radical (unpaired) electrons. The van der Waals surface area contributed by atoms with E-state index in [1.807, 2.05) is 0 Å². The van der Waals surface area contributed by atoms with E-state index in [-0.39, 0.29) is 19.8 Å². The van der Waals surface area contributed by atoms with Gasteiger partial charge < -0.3 is 24.7 Å². The summed E-state index contributed by atoms with van der Waals surface area (Å²) in [4.78, 5) is 22.1. The van der Waals surface area contributed by atoms with Crippen LogP contribution in [0.5, 0.6) is 0 Å². The van der Waals surface area contributed by atoms with Crippen LogP contribution in [0.4, 0.5) is 4.39 Å². The van der Waals surface area contributed by atoms with Crippen molar-refractivity contribution >= 4 is 11.9 Å². The Bertz CT molecular complexity index is 367.